The first-order chi connectivity index (χ1) is 23.9. The molecule has 0 saturated carbocycles. The number of esters is 2. The molecule has 2 aromatic carbocycles. The van der Waals surface area contributed by atoms with E-state index in [9.17, 15) is 24.6 Å². The SMILES string of the molecule is CCOC(=O)C(=CN(C)C)C(=O)c1cc(Br)cc(OCC)c1Cl.CCOC(=O)C(C=N[C@H](CO)C(C)(C)C)=C(O)c1cc(Br)cc(OCC)c1Cl. The van der Waals surface area contributed by atoms with Crippen LogP contribution in [-0.4, -0.2) is 92.2 Å². The van der Waals surface area contributed by atoms with Crippen LogP contribution in [0.1, 0.15) is 64.4 Å². The lowest BCUT2D eigenvalue weighted by Gasteiger charge is -2.25. The van der Waals surface area contributed by atoms with Crippen molar-refractivity contribution in [1.29, 1.82) is 0 Å². The maximum Gasteiger partial charge on any atom is 0.343 e. The molecule has 0 saturated heterocycles. The number of aliphatic hydroxyl groups excluding tert-OH is 2. The number of hydrogen-bond acceptors (Lipinski definition) is 11. The van der Waals surface area contributed by atoms with Gasteiger partial charge >= 0.3 is 11.9 Å². The van der Waals surface area contributed by atoms with Crippen LogP contribution < -0.4 is 9.47 Å². The average molecular weight is 881 g/mol. The number of Topliss-reactive ketones (excluding diaryl/α,β-unsaturated/α-hetero) is 1. The smallest absolute Gasteiger partial charge is 0.343 e. The fraction of sp³-hybridized carbons (Fsp3) is 0.444. The van der Waals surface area contributed by atoms with E-state index in [4.69, 9.17) is 42.1 Å². The number of aliphatic imine (C=N–C) groups is 1. The Hall–Kier alpha value is -3.10. The van der Waals surface area contributed by atoms with Crippen LogP contribution in [0, 0.1) is 5.41 Å². The number of rotatable bonds is 15. The number of nitrogens with zero attached hydrogens (tertiary/aromatic N) is 2. The first-order valence-corrected chi connectivity index (χ1v) is 18.3. The topological polar surface area (TPSA) is 144 Å². The van der Waals surface area contributed by atoms with Gasteiger partial charge in [0, 0.05) is 46.6 Å². The summed E-state index contributed by atoms with van der Waals surface area (Å²) in [6, 6.07) is 5.99. The number of hydrogen-bond donors (Lipinski definition) is 2. The van der Waals surface area contributed by atoms with Crippen LogP contribution in [0.25, 0.3) is 5.76 Å². The highest BCUT2D eigenvalue weighted by Gasteiger charge is 2.27. The largest absolute Gasteiger partial charge is 0.506 e. The van der Waals surface area contributed by atoms with Gasteiger partial charge in [-0.15, -0.1) is 0 Å². The van der Waals surface area contributed by atoms with Crippen LogP contribution in [0.5, 0.6) is 11.5 Å². The van der Waals surface area contributed by atoms with Gasteiger partial charge in [-0.25, -0.2) is 9.59 Å². The van der Waals surface area contributed by atoms with E-state index >= 15 is 0 Å². The highest BCUT2D eigenvalue weighted by Crippen LogP contribution is 2.37. The van der Waals surface area contributed by atoms with Crippen molar-refractivity contribution in [3.05, 3.63) is 71.7 Å². The molecule has 282 valence electrons. The van der Waals surface area contributed by atoms with E-state index in [1.165, 1.54) is 12.4 Å². The van der Waals surface area contributed by atoms with Gasteiger partial charge < -0.3 is 34.1 Å². The number of ketones is 1. The van der Waals surface area contributed by atoms with Crippen LogP contribution in [0.3, 0.4) is 0 Å². The van der Waals surface area contributed by atoms with Crippen molar-refractivity contribution in [3.63, 3.8) is 0 Å². The van der Waals surface area contributed by atoms with E-state index in [2.05, 4.69) is 36.9 Å². The van der Waals surface area contributed by atoms with Crippen molar-refractivity contribution in [2.45, 2.75) is 54.5 Å². The molecule has 0 aromatic heterocycles. The van der Waals surface area contributed by atoms with E-state index in [-0.39, 0.29) is 63.3 Å². The van der Waals surface area contributed by atoms with Crippen molar-refractivity contribution >= 4 is 84.8 Å². The zero-order chi connectivity index (χ0) is 39.1. The Kier molecular flexibility index (Phi) is 19.9. The van der Waals surface area contributed by atoms with Gasteiger partial charge in [0.2, 0.25) is 5.78 Å². The van der Waals surface area contributed by atoms with Crippen LogP contribution in [0.2, 0.25) is 10.0 Å². The molecule has 2 rings (SSSR count). The lowest BCUT2D eigenvalue weighted by Crippen LogP contribution is -2.28. The zero-order valence-corrected chi connectivity index (χ0v) is 34.9. The van der Waals surface area contributed by atoms with Gasteiger partial charge in [0.1, 0.15) is 28.4 Å². The molecule has 0 bridgehead atoms. The summed E-state index contributed by atoms with van der Waals surface area (Å²) >= 11 is 19.3. The van der Waals surface area contributed by atoms with Gasteiger partial charge in [-0.1, -0.05) is 75.8 Å². The summed E-state index contributed by atoms with van der Waals surface area (Å²) in [6.45, 7) is 13.6. The third-order valence-corrected chi connectivity index (χ3v) is 8.24. The minimum absolute atomic E-state index is 0.0979. The second-order valence-corrected chi connectivity index (χ2v) is 14.4. The summed E-state index contributed by atoms with van der Waals surface area (Å²) in [7, 11) is 3.42. The third kappa shape index (κ3) is 14.1. The predicted octanol–water partition coefficient (Wildman–Crippen LogP) is 8.50. The van der Waals surface area contributed by atoms with Gasteiger partial charge in [-0.2, -0.15) is 0 Å². The van der Waals surface area contributed by atoms with E-state index in [1.807, 2.05) is 34.6 Å². The van der Waals surface area contributed by atoms with Crippen molar-refractivity contribution < 1.29 is 43.5 Å². The molecule has 0 unspecified atom stereocenters. The molecule has 0 amide bonds. The number of benzene rings is 2. The molecule has 15 heteroatoms. The summed E-state index contributed by atoms with van der Waals surface area (Å²) in [5, 5.41) is 20.7. The number of aliphatic hydroxyl groups is 2. The van der Waals surface area contributed by atoms with Crippen LogP contribution in [0.4, 0.5) is 0 Å². The van der Waals surface area contributed by atoms with Gasteiger partial charge in [-0.05, 0) is 57.4 Å². The molecule has 0 aliphatic rings. The highest BCUT2D eigenvalue weighted by atomic mass is 79.9. The molecule has 2 aromatic rings. The lowest BCUT2D eigenvalue weighted by atomic mass is 9.88. The minimum atomic E-state index is -0.747. The van der Waals surface area contributed by atoms with E-state index < -0.39 is 23.8 Å². The maximum atomic E-state index is 12.8. The number of halogens is 4. The van der Waals surface area contributed by atoms with Crippen LogP contribution in [0.15, 0.2) is 55.5 Å². The predicted molar refractivity (Wildman–Crippen MR) is 208 cm³/mol. The molecule has 0 spiro atoms. The Labute approximate surface area is 326 Å². The second kappa shape index (κ2) is 22.1. The summed E-state index contributed by atoms with van der Waals surface area (Å²) in [5.41, 5.74) is -0.224. The van der Waals surface area contributed by atoms with Crippen molar-refractivity contribution in [2.75, 3.05) is 47.1 Å². The number of carbonyl (C=O) groups is 3. The highest BCUT2D eigenvalue weighted by molar-refractivity contribution is 9.10. The summed E-state index contributed by atoms with van der Waals surface area (Å²) in [6.07, 6.45) is 2.63. The van der Waals surface area contributed by atoms with E-state index in [0.717, 1.165) is 0 Å². The number of carbonyl (C=O) groups excluding carboxylic acids is 3. The van der Waals surface area contributed by atoms with E-state index in [0.29, 0.717) is 33.7 Å². The molecule has 2 N–H and O–H groups in total. The molecule has 51 heavy (non-hydrogen) atoms. The van der Waals surface area contributed by atoms with Crippen LogP contribution >= 0.6 is 55.1 Å². The number of ether oxygens (including phenoxy) is 4. The molecule has 1 atom stereocenters. The second-order valence-electron chi connectivity index (χ2n) is 11.8. The molecule has 0 fully saturated rings. The van der Waals surface area contributed by atoms with Crippen molar-refractivity contribution in [2.24, 2.45) is 10.4 Å². The standard InChI is InChI=1S/C20H27BrClNO5.C16H19BrClNO4/c1-6-27-15-9-12(21)8-13(17(15)22)18(25)14(19(26)28-7-2)10-23-16(11-24)20(3,4)5;1-5-22-13-8-10(17)7-11(14(13)18)15(20)12(9-19(3)4)16(21)23-6-2/h8-10,16,24-25H,6-7,11H2,1-5H3;7-9H,5-6H2,1-4H3/t16-;/m1./s1. The van der Waals surface area contributed by atoms with Gasteiger partial charge in [0.25, 0.3) is 0 Å². The Morgan fingerprint density at radius 2 is 1.31 bits per heavy atom. The van der Waals surface area contributed by atoms with E-state index in [1.54, 1.807) is 57.1 Å². The zero-order valence-electron chi connectivity index (χ0n) is 30.2. The lowest BCUT2D eigenvalue weighted by molar-refractivity contribution is -0.138. The van der Waals surface area contributed by atoms with Gasteiger partial charge in [0.15, 0.2) is 0 Å². The summed E-state index contributed by atoms with van der Waals surface area (Å²) < 4.78 is 22.1. The molecular formula is C36H46Br2Cl2N2O9. The van der Waals surface area contributed by atoms with Gasteiger partial charge in [0.05, 0.1) is 49.1 Å². The Morgan fingerprint density at radius 3 is 1.75 bits per heavy atom. The minimum Gasteiger partial charge on any atom is -0.506 e. The molecule has 0 aliphatic carbocycles. The normalized spacial score (nSPS) is 12.7. The molecular weight excluding hydrogens is 835 g/mol. The summed E-state index contributed by atoms with van der Waals surface area (Å²) in [5.74, 6) is -1.61. The fourth-order valence-electron chi connectivity index (χ4n) is 4.08. The quantitative estimate of drug-likeness (QED) is 0.0340. The first kappa shape index (κ1) is 45.9. The Morgan fingerprint density at radius 1 is 0.843 bits per heavy atom. The summed E-state index contributed by atoms with van der Waals surface area (Å²) in [4.78, 5) is 43.2. The maximum absolute atomic E-state index is 12.8. The fourth-order valence-corrected chi connectivity index (χ4v) is 5.45. The molecule has 0 radical (unpaired) electrons. The third-order valence-electron chi connectivity index (χ3n) is 6.54. The molecule has 11 nitrogen and oxygen atoms in total. The Balaban J connectivity index is 0.000000520. The van der Waals surface area contributed by atoms with Crippen molar-refractivity contribution in [1.82, 2.24) is 4.90 Å². The molecule has 0 heterocycles. The van der Waals surface area contributed by atoms with Crippen LogP contribution in [-0.2, 0) is 19.1 Å². The average Bonchev–Trinajstić information content (AvgIpc) is 3.04. The molecule has 0 aliphatic heterocycles. The monoisotopic (exact) mass is 878 g/mol. The first-order valence-electron chi connectivity index (χ1n) is 16.0. The Bertz CT molecular complexity index is 1620. The van der Waals surface area contributed by atoms with Crippen molar-refractivity contribution in [3.8, 4) is 11.5 Å². The van der Waals surface area contributed by atoms with Gasteiger partial charge in [-0.3, -0.25) is 9.79 Å².